The Morgan fingerprint density at radius 1 is 1.36 bits per heavy atom. The molecule has 0 saturated carbocycles. The summed E-state index contributed by atoms with van der Waals surface area (Å²) in [6.07, 6.45) is 2.10. The highest BCUT2D eigenvalue weighted by atomic mass is 16.2. The summed E-state index contributed by atoms with van der Waals surface area (Å²) in [5, 5.41) is 9.48. The van der Waals surface area contributed by atoms with Crippen LogP contribution in [0.2, 0.25) is 0 Å². The standard InChI is InChI=1S/C15H25N5O2/c1-3-4-7-16-15(22)12(2)19-8-10-20(11-9-19)13-5-6-14(21)18-17-13/h5-6,12H,3-4,7-11H2,1-2H3,(H,16,22)(H,18,21)/t12-/m1/s1. The van der Waals surface area contributed by atoms with Gasteiger partial charge in [0.25, 0.3) is 5.56 Å². The predicted molar refractivity (Wildman–Crippen MR) is 86.0 cm³/mol. The first-order valence-corrected chi connectivity index (χ1v) is 7.94. The Morgan fingerprint density at radius 3 is 2.68 bits per heavy atom. The smallest absolute Gasteiger partial charge is 0.264 e. The third-order valence-electron chi connectivity index (χ3n) is 4.06. The highest BCUT2D eigenvalue weighted by Crippen LogP contribution is 2.12. The number of anilines is 1. The number of hydrogen-bond acceptors (Lipinski definition) is 5. The minimum atomic E-state index is -0.195. The lowest BCUT2D eigenvalue weighted by atomic mass is 10.2. The minimum Gasteiger partial charge on any atom is -0.355 e. The van der Waals surface area contributed by atoms with Crippen molar-refractivity contribution >= 4 is 11.7 Å². The average molecular weight is 307 g/mol. The third kappa shape index (κ3) is 4.30. The van der Waals surface area contributed by atoms with Crippen LogP contribution >= 0.6 is 0 Å². The molecule has 1 fully saturated rings. The van der Waals surface area contributed by atoms with Crippen molar-refractivity contribution in [1.82, 2.24) is 20.4 Å². The average Bonchev–Trinajstić information content (AvgIpc) is 2.55. The Kier molecular flexibility index (Phi) is 5.94. The van der Waals surface area contributed by atoms with Crippen molar-refractivity contribution < 1.29 is 4.79 Å². The Bertz CT molecular complexity index is 516. The maximum atomic E-state index is 12.1. The lowest BCUT2D eigenvalue weighted by Gasteiger charge is -2.37. The number of carbonyl (C=O) groups excluding carboxylic acids is 1. The summed E-state index contributed by atoms with van der Waals surface area (Å²) in [4.78, 5) is 27.4. The highest BCUT2D eigenvalue weighted by Gasteiger charge is 2.25. The number of hydrogen-bond donors (Lipinski definition) is 2. The van der Waals surface area contributed by atoms with Crippen LogP contribution in [-0.4, -0.2) is 59.8 Å². The molecule has 2 rings (SSSR count). The number of aromatic nitrogens is 2. The fraction of sp³-hybridized carbons (Fsp3) is 0.667. The van der Waals surface area contributed by atoms with Gasteiger partial charge in [-0.2, -0.15) is 5.10 Å². The van der Waals surface area contributed by atoms with Crippen LogP contribution in [0.3, 0.4) is 0 Å². The van der Waals surface area contributed by atoms with E-state index in [0.717, 1.165) is 51.4 Å². The number of piperazine rings is 1. The van der Waals surface area contributed by atoms with Gasteiger partial charge in [-0.25, -0.2) is 5.10 Å². The van der Waals surface area contributed by atoms with Crippen LogP contribution in [0.4, 0.5) is 5.82 Å². The normalized spacial score (nSPS) is 17.3. The monoisotopic (exact) mass is 307 g/mol. The van der Waals surface area contributed by atoms with Crippen molar-refractivity contribution in [3.05, 3.63) is 22.5 Å². The van der Waals surface area contributed by atoms with Gasteiger partial charge in [0.1, 0.15) is 5.82 Å². The van der Waals surface area contributed by atoms with Gasteiger partial charge in [0.2, 0.25) is 5.91 Å². The summed E-state index contributed by atoms with van der Waals surface area (Å²) >= 11 is 0. The lowest BCUT2D eigenvalue weighted by Crippen LogP contribution is -2.54. The van der Waals surface area contributed by atoms with E-state index >= 15 is 0 Å². The van der Waals surface area contributed by atoms with Gasteiger partial charge in [-0.05, 0) is 19.4 Å². The molecule has 1 aromatic rings. The lowest BCUT2D eigenvalue weighted by molar-refractivity contribution is -0.126. The van der Waals surface area contributed by atoms with Gasteiger partial charge in [0.15, 0.2) is 0 Å². The summed E-state index contributed by atoms with van der Waals surface area (Å²) in [5.41, 5.74) is -0.195. The predicted octanol–water partition coefficient (Wildman–Crippen LogP) is 0.197. The van der Waals surface area contributed by atoms with E-state index in [4.69, 9.17) is 0 Å². The molecule has 2 heterocycles. The Morgan fingerprint density at radius 2 is 2.09 bits per heavy atom. The van der Waals surface area contributed by atoms with E-state index in [2.05, 4.69) is 32.2 Å². The second-order valence-corrected chi connectivity index (χ2v) is 5.62. The van der Waals surface area contributed by atoms with Gasteiger partial charge >= 0.3 is 0 Å². The zero-order valence-electron chi connectivity index (χ0n) is 13.3. The molecular weight excluding hydrogens is 282 g/mol. The Hall–Kier alpha value is -1.89. The molecule has 0 unspecified atom stereocenters. The summed E-state index contributed by atoms with van der Waals surface area (Å²) in [7, 11) is 0. The molecule has 1 aliphatic heterocycles. The molecule has 1 atom stereocenters. The number of H-pyrrole nitrogens is 1. The number of unbranched alkanes of at least 4 members (excludes halogenated alkanes) is 1. The van der Waals surface area contributed by atoms with E-state index < -0.39 is 0 Å². The number of rotatable bonds is 6. The van der Waals surface area contributed by atoms with Gasteiger partial charge in [0, 0.05) is 38.8 Å². The van der Waals surface area contributed by atoms with Crippen LogP contribution in [0.15, 0.2) is 16.9 Å². The van der Waals surface area contributed by atoms with Crippen LogP contribution in [0, 0.1) is 0 Å². The first-order chi connectivity index (χ1) is 10.6. The fourth-order valence-electron chi connectivity index (χ4n) is 2.55. The first-order valence-electron chi connectivity index (χ1n) is 7.94. The van der Waals surface area contributed by atoms with E-state index in [1.165, 1.54) is 6.07 Å². The molecule has 7 heteroatoms. The molecule has 7 nitrogen and oxygen atoms in total. The van der Waals surface area contributed by atoms with Crippen molar-refractivity contribution in [2.75, 3.05) is 37.6 Å². The molecule has 0 spiro atoms. The van der Waals surface area contributed by atoms with Crippen molar-refractivity contribution in [1.29, 1.82) is 0 Å². The van der Waals surface area contributed by atoms with E-state index in [1.54, 1.807) is 6.07 Å². The molecule has 2 N–H and O–H groups in total. The molecule has 0 aromatic carbocycles. The van der Waals surface area contributed by atoms with E-state index in [1.807, 2.05) is 6.92 Å². The summed E-state index contributed by atoms with van der Waals surface area (Å²) in [6, 6.07) is 3.11. The van der Waals surface area contributed by atoms with Crippen LogP contribution < -0.4 is 15.8 Å². The van der Waals surface area contributed by atoms with E-state index in [-0.39, 0.29) is 17.5 Å². The molecule has 0 aliphatic carbocycles. The quantitative estimate of drug-likeness (QED) is 0.734. The van der Waals surface area contributed by atoms with Gasteiger partial charge < -0.3 is 10.2 Å². The van der Waals surface area contributed by atoms with E-state index in [9.17, 15) is 9.59 Å². The Balaban J connectivity index is 1.82. The van der Waals surface area contributed by atoms with Gasteiger partial charge in [-0.15, -0.1) is 0 Å². The van der Waals surface area contributed by atoms with Crippen LogP contribution in [0.25, 0.3) is 0 Å². The zero-order chi connectivity index (χ0) is 15.9. The molecule has 1 aromatic heterocycles. The largest absolute Gasteiger partial charge is 0.355 e. The highest BCUT2D eigenvalue weighted by molar-refractivity contribution is 5.81. The van der Waals surface area contributed by atoms with Crippen molar-refractivity contribution in [2.24, 2.45) is 0 Å². The van der Waals surface area contributed by atoms with Crippen LogP contribution in [0.5, 0.6) is 0 Å². The molecule has 1 aliphatic rings. The third-order valence-corrected chi connectivity index (χ3v) is 4.06. The number of amides is 1. The molecule has 1 saturated heterocycles. The zero-order valence-corrected chi connectivity index (χ0v) is 13.3. The van der Waals surface area contributed by atoms with Gasteiger partial charge in [-0.1, -0.05) is 13.3 Å². The number of carbonyl (C=O) groups is 1. The molecule has 22 heavy (non-hydrogen) atoms. The summed E-state index contributed by atoms with van der Waals surface area (Å²) < 4.78 is 0. The fourth-order valence-corrected chi connectivity index (χ4v) is 2.55. The van der Waals surface area contributed by atoms with Crippen molar-refractivity contribution in [3.63, 3.8) is 0 Å². The molecule has 0 bridgehead atoms. The molecule has 1 amide bonds. The maximum absolute atomic E-state index is 12.1. The number of nitrogens with one attached hydrogen (secondary N) is 2. The maximum Gasteiger partial charge on any atom is 0.264 e. The SMILES string of the molecule is CCCCNC(=O)[C@@H](C)N1CCN(c2ccc(=O)[nH]n2)CC1. The van der Waals surface area contributed by atoms with Crippen molar-refractivity contribution in [3.8, 4) is 0 Å². The molecule has 0 radical (unpaired) electrons. The van der Waals surface area contributed by atoms with Gasteiger partial charge in [-0.3, -0.25) is 14.5 Å². The van der Waals surface area contributed by atoms with Crippen molar-refractivity contribution in [2.45, 2.75) is 32.7 Å². The second kappa shape index (κ2) is 7.93. The van der Waals surface area contributed by atoms with Crippen LogP contribution in [0.1, 0.15) is 26.7 Å². The topological polar surface area (TPSA) is 81.3 Å². The second-order valence-electron chi connectivity index (χ2n) is 5.62. The molecular formula is C15H25N5O2. The van der Waals surface area contributed by atoms with Gasteiger partial charge in [0.05, 0.1) is 6.04 Å². The van der Waals surface area contributed by atoms with Crippen LogP contribution in [-0.2, 0) is 4.79 Å². The molecule has 122 valence electrons. The number of aromatic amines is 1. The summed E-state index contributed by atoms with van der Waals surface area (Å²) in [5.74, 6) is 0.878. The van der Waals surface area contributed by atoms with E-state index in [0.29, 0.717) is 0 Å². The Labute approximate surface area is 130 Å². The summed E-state index contributed by atoms with van der Waals surface area (Å²) in [6.45, 7) is 8.03. The first kappa shape index (κ1) is 16.5. The minimum absolute atomic E-state index is 0.101. The number of nitrogens with zero attached hydrogens (tertiary/aromatic N) is 3.